The number of benzene rings is 1. The summed E-state index contributed by atoms with van der Waals surface area (Å²) in [5.41, 5.74) is -0.217. The van der Waals surface area contributed by atoms with Crippen LogP contribution < -0.4 is 10.4 Å². The van der Waals surface area contributed by atoms with Crippen molar-refractivity contribution in [2.45, 2.75) is 13.0 Å². The number of carbonyl (C=O) groups is 2. The number of hydrogen-bond acceptors (Lipinski definition) is 5. The summed E-state index contributed by atoms with van der Waals surface area (Å²) in [6, 6.07) is 3.83. The summed E-state index contributed by atoms with van der Waals surface area (Å²) in [7, 11) is 0. The number of nitro benzene ring substituents is 1. The summed E-state index contributed by atoms with van der Waals surface area (Å²) in [5, 5.41) is 23.0. The molecule has 0 fully saturated rings. The van der Waals surface area contributed by atoms with Crippen LogP contribution >= 0.6 is 0 Å². The molecule has 0 aliphatic carbocycles. The summed E-state index contributed by atoms with van der Waals surface area (Å²) in [4.78, 5) is 31.8. The zero-order valence-corrected chi connectivity index (χ0v) is 8.88. The van der Waals surface area contributed by atoms with Crippen molar-refractivity contribution in [3.05, 3.63) is 39.9 Å². The van der Waals surface area contributed by atoms with E-state index < -0.39 is 22.8 Å². The van der Waals surface area contributed by atoms with Crippen molar-refractivity contribution >= 4 is 17.6 Å². The van der Waals surface area contributed by atoms with Crippen molar-refractivity contribution in [3.63, 3.8) is 0 Å². The number of hydrogen-bond donors (Lipinski definition) is 1. The van der Waals surface area contributed by atoms with E-state index in [9.17, 15) is 24.8 Å². The Balaban J connectivity index is 2.86. The Labute approximate surface area is 96.2 Å². The number of amides is 1. The lowest BCUT2D eigenvalue weighted by Crippen LogP contribution is -2.45. The maximum atomic E-state index is 11.5. The van der Waals surface area contributed by atoms with Crippen LogP contribution in [0.3, 0.4) is 0 Å². The molecule has 7 heteroatoms. The third kappa shape index (κ3) is 3.26. The van der Waals surface area contributed by atoms with Gasteiger partial charge >= 0.3 is 0 Å². The van der Waals surface area contributed by atoms with Crippen molar-refractivity contribution in [1.29, 1.82) is 0 Å². The summed E-state index contributed by atoms with van der Waals surface area (Å²) >= 11 is 0. The SMILES string of the molecule is CC(NC(=O)c1cccc([N+](=O)[O-])c1)C(=O)[O-]. The Kier molecular flexibility index (Phi) is 3.76. The van der Waals surface area contributed by atoms with Gasteiger partial charge in [0.2, 0.25) is 0 Å². The molecule has 0 spiro atoms. The van der Waals surface area contributed by atoms with Crippen molar-refractivity contribution in [3.8, 4) is 0 Å². The first-order valence-electron chi connectivity index (χ1n) is 4.68. The predicted molar refractivity (Wildman–Crippen MR) is 55.0 cm³/mol. The molecular formula is C10H9N2O5-. The van der Waals surface area contributed by atoms with Gasteiger partial charge in [0, 0.05) is 17.7 Å². The molecule has 0 heterocycles. The van der Waals surface area contributed by atoms with E-state index in [4.69, 9.17) is 0 Å². The zero-order chi connectivity index (χ0) is 13.0. The highest BCUT2D eigenvalue weighted by molar-refractivity contribution is 5.96. The van der Waals surface area contributed by atoms with Gasteiger partial charge in [0.15, 0.2) is 0 Å². The van der Waals surface area contributed by atoms with Crippen LogP contribution in [0.5, 0.6) is 0 Å². The first-order chi connectivity index (χ1) is 7.91. The van der Waals surface area contributed by atoms with Gasteiger partial charge in [0.05, 0.1) is 16.9 Å². The standard InChI is InChI=1S/C10H10N2O5/c1-6(10(14)15)11-9(13)7-3-2-4-8(5-7)12(16)17/h2-6H,1H3,(H,11,13)(H,14,15)/p-1. The summed E-state index contributed by atoms with van der Waals surface area (Å²) in [5.74, 6) is -2.13. The fourth-order valence-electron chi connectivity index (χ4n) is 1.10. The lowest BCUT2D eigenvalue weighted by atomic mass is 10.2. The van der Waals surface area contributed by atoms with Crippen LogP contribution in [0.4, 0.5) is 5.69 Å². The summed E-state index contributed by atoms with van der Waals surface area (Å²) in [6.45, 7) is 1.24. The molecular weight excluding hydrogens is 228 g/mol. The first-order valence-corrected chi connectivity index (χ1v) is 4.68. The molecule has 17 heavy (non-hydrogen) atoms. The number of nitrogens with zero attached hydrogens (tertiary/aromatic N) is 1. The van der Waals surface area contributed by atoms with E-state index in [1.165, 1.54) is 25.1 Å². The van der Waals surface area contributed by atoms with Crippen molar-refractivity contribution in [2.75, 3.05) is 0 Å². The second-order valence-electron chi connectivity index (χ2n) is 3.32. The molecule has 7 nitrogen and oxygen atoms in total. The van der Waals surface area contributed by atoms with Gasteiger partial charge in [-0.3, -0.25) is 14.9 Å². The zero-order valence-electron chi connectivity index (χ0n) is 8.88. The predicted octanol–water partition coefficient (Wildman–Crippen LogP) is -0.537. The maximum Gasteiger partial charge on any atom is 0.270 e. The second-order valence-corrected chi connectivity index (χ2v) is 3.32. The Morgan fingerprint density at radius 1 is 1.41 bits per heavy atom. The van der Waals surface area contributed by atoms with Gasteiger partial charge in [-0.2, -0.15) is 0 Å². The van der Waals surface area contributed by atoms with Crippen molar-refractivity contribution < 1.29 is 19.6 Å². The van der Waals surface area contributed by atoms with Crippen molar-refractivity contribution in [2.24, 2.45) is 0 Å². The molecule has 0 radical (unpaired) electrons. The van der Waals surface area contributed by atoms with Gasteiger partial charge in [-0.05, 0) is 13.0 Å². The Bertz CT molecular complexity index is 472. The van der Waals surface area contributed by atoms with Crippen molar-refractivity contribution in [1.82, 2.24) is 5.32 Å². The maximum absolute atomic E-state index is 11.5. The molecule has 1 N–H and O–H groups in total. The molecule has 1 rings (SSSR count). The number of carboxylic acid groups (broad SMARTS) is 1. The number of nitrogens with one attached hydrogen (secondary N) is 1. The minimum atomic E-state index is -1.43. The number of aliphatic carboxylic acids is 1. The lowest BCUT2D eigenvalue weighted by Gasteiger charge is -2.14. The summed E-state index contributed by atoms with van der Waals surface area (Å²) in [6.07, 6.45) is 0. The third-order valence-electron chi connectivity index (χ3n) is 2.02. The fraction of sp³-hybridized carbons (Fsp3) is 0.200. The van der Waals surface area contributed by atoms with E-state index in [0.717, 1.165) is 6.07 Å². The van der Waals surface area contributed by atoms with E-state index in [1.807, 2.05) is 0 Å². The van der Waals surface area contributed by atoms with E-state index in [2.05, 4.69) is 5.32 Å². The highest BCUT2D eigenvalue weighted by Crippen LogP contribution is 2.12. The average Bonchev–Trinajstić information content (AvgIpc) is 2.28. The molecule has 1 atom stereocenters. The van der Waals surface area contributed by atoms with E-state index >= 15 is 0 Å². The van der Waals surface area contributed by atoms with Gasteiger partial charge in [0.1, 0.15) is 0 Å². The molecule has 90 valence electrons. The second kappa shape index (κ2) is 5.06. The molecule has 1 unspecified atom stereocenters. The van der Waals surface area contributed by atoms with Crippen LogP contribution in [0.1, 0.15) is 17.3 Å². The molecule has 0 bridgehead atoms. The van der Waals surface area contributed by atoms with Crippen LogP contribution in [0.25, 0.3) is 0 Å². The van der Waals surface area contributed by atoms with Gasteiger partial charge in [-0.25, -0.2) is 0 Å². The van der Waals surface area contributed by atoms with Gasteiger partial charge in [-0.1, -0.05) is 6.07 Å². The number of nitro groups is 1. The highest BCUT2D eigenvalue weighted by atomic mass is 16.6. The van der Waals surface area contributed by atoms with E-state index in [-0.39, 0.29) is 11.3 Å². The molecule has 1 amide bonds. The number of non-ortho nitro benzene ring substituents is 1. The molecule has 0 aliphatic heterocycles. The first kappa shape index (κ1) is 12.6. The molecule has 0 aromatic heterocycles. The smallest absolute Gasteiger partial charge is 0.270 e. The van der Waals surface area contributed by atoms with Gasteiger partial charge in [0.25, 0.3) is 11.6 Å². The minimum Gasteiger partial charge on any atom is -0.548 e. The van der Waals surface area contributed by atoms with Crippen LogP contribution in [-0.4, -0.2) is 22.8 Å². The highest BCUT2D eigenvalue weighted by Gasteiger charge is 2.13. The monoisotopic (exact) mass is 237 g/mol. The van der Waals surface area contributed by atoms with Gasteiger partial charge in [-0.15, -0.1) is 0 Å². The van der Waals surface area contributed by atoms with E-state index in [0.29, 0.717) is 0 Å². The Morgan fingerprint density at radius 2 is 2.06 bits per heavy atom. The minimum absolute atomic E-state index is 0.0206. The van der Waals surface area contributed by atoms with Crippen LogP contribution in [0.15, 0.2) is 24.3 Å². The molecule has 1 aromatic carbocycles. The van der Waals surface area contributed by atoms with Crippen LogP contribution in [0.2, 0.25) is 0 Å². The molecule has 0 saturated carbocycles. The summed E-state index contributed by atoms with van der Waals surface area (Å²) < 4.78 is 0. The van der Waals surface area contributed by atoms with Gasteiger partial charge < -0.3 is 15.2 Å². The number of rotatable bonds is 4. The molecule has 0 saturated heterocycles. The fourth-order valence-corrected chi connectivity index (χ4v) is 1.10. The Morgan fingerprint density at radius 3 is 2.59 bits per heavy atom. The van der Waals surface area contributed by atoms with Crippen LogP contribution in [0, 0.1) is 10.1 Å². The largest absolute Gasteiger partial charge is 0.548 e. The third-order valence-corrected chi connectivity index (χ3v) is 2.02. The normalized spacial score (nSPS) is 11.6. The molecule has 1 aromatic rings. The quantitative estimate of drug-likeness (QED) is 0.558. The number of carboxylic acids is 1. The average molecular weight is 237 g/mol. The number of carbonyl (C=O) groups excluding carboxylic acids is 2. The van der Waals surface area contributed by atoms with Crippen LogP contribution in [-0.2, 0) is 4.79 Å². The lowest BCUT2D eigenvalue weighted by molar-refractivity contribution is -0.384. The topological polar surface area (TPSA) is 112 Å². The van der Waals surface area contributed by atoms with E-state index in [1.54, 1.807) is 0 Å². The Hall–Kier alpha value is -2.44. The molecule has 0 aliphatic rings.